The number of aromatic hydroxyl groups is 1. The Balaban J connectivity index is 1.79. The average molecular weight is 1130 g/mol. The normalized spacial score (nSPS) is 18.5. The number of hydrogen-bond donors (Lipinski definition) is 13. The Kier molecular flexibility index (Phi) is 26.4. The van der Waals surface area contributed by atoms with E-state index in [2.05, 4.69) is 42.5 Å². The molecule has 1 aromatic rings. The van der Waals surface area contributed by atoms with Crippen LogP contribution < -0.4 is 48.3 Å². The lowest BCUT2D eigenvalue weighted by Gasteiger charge is -2.34. The lowest BCUT2D eigenvalue weighted by molar-refractivity contribution is -0.149. The van der Waals surface area contributed by atoms with Crippen LogP contribution in [0.3, 0.4) is 0 Å². The Morgan fingerprint density at radius 2 is 1.16 bits per heavy atom. The number of phenolic OH excluding ortho intramolecular Hbond substituents is 1. The van der Waals surface area contributed by atoms with Gasteiger partial charge in [-0.1, -0.05) is 39.8 Å². The molecule has 79 heavy (non-hydrogen) atoms. The summed E-state index contributed by atoms with van der Waals surface area (Å²) < 4.78 is 0. The van der Waals surface area contributed by atoms with Gasteiger partial charge in [0, 0.05) is 19.5 Å². The molecule has 0 spiro atoms. The number of amides is 10. The minimum absolute atomic E-state index is 0.0140. The van der Waals surface area contributed by atoms with E-state index in [-0.39, 0.29) is 56.9 Å². The molecule has 0 radical (unpaired) electrons. The number of carbonyl (C=O) groups excluding carboxylic acids is 10. The van der Waals surface area contributed by atoms with E-state index in [0.29, 0.717) is 24.2 Å². The number of benzene rings is 1. The maximum absolute atomic E-state index is 14.4. The van der Waals surface area contributed by atoms with Gasteiger partial charge in [-0.25, -0.2) is 4.79 Å². The zero-order valence-electron chi connectivity index (χ0n) is 45.9. The highest BCUT2D eigenvalue weighted by molar-refractivity contribution is 7.98. The van der Waals surface area contributed by atoms with Gasteiger partial charge in [0.1, 0.15) is 66.2 Å². The third-order valence-electron chi connectivity index (χ3n) is 13.2. The summed E-state index contributed by atoms with van der Waals surface area (Å²) in [4.78, 5) is 162. The standard InChI is InChI=1S/C51H79N11O16S/c1-25(2)21-33(55-38(65)24-52)45(71)58-35(23-39(66)67)44(70)53-27(5)43(69)57-34(22-30-13-15-31(64)16-14-30)46(72)60-41(29(7)63)50(76)62-19-10-12-37(62)49(75)61-18-9-11-36(61)47(73)59-40(26(3)4)48(74)54-28(6)42(68)56-32(51(77)78)17-20-79-8/h13-16,25-29,32-37,40-41,63-64H,9-12,17-24,52H2,1-8H3,(H,53,70)(H,54,74)(H,55,65)(H,56,68)(H,57,69)(H,58,71)(H,59,73)(H,60,72)(H,66,67)(H,77,78)/t27-,28-,29+,32-,33-,34-,35-,36-,37-,40-,41-/m1/s1. The van der Waals surface area contributed by atoms with Crippen LogP contribution in [0, 0.1) is 11.8 Å². The molecular formula is C51H79N11O16S. The van der Waals surface area contributed by atoms with Gasteiger partial charge in [0.15, 0.2) is 0 Å². The van der Waals surface area contributed by atoms with Crippen molar-refractivity contribution < 1.29 is 78.0 Å². The van der Waals surface area contributed by atoms with Gasteiger partial charge < -0.3 is 78.5 Å². The second-order valence-corrected chi connectivity index (χ2v) is 21.5. The molecule has 28 heteroatoms. The van der Waals surface area contributed by atoms with E-state index >= 15 is 0 Å². The van der Waals surface area contributed by atoms with Gasteiger partial charge in [-0.15, -0.1) is 0 Å². The Labute approximate surface area is 462 Å². The zero-order chi connectivity index (χ0) is 59.4. The minimum Gasteiger partial charge on any atom is -0.508 e. The van der Waals surface area contributed by atoms with Crippen LogP contribution >= 0.6 is 11.8 Å². The molecule has 0 unspecified atom stereocenters. The maximum atomic E-state index is 14.4. The Morgan fingerprint density at radius 1 is 0.633 bits per heavy atom. The molecule has 0 saturated carbocycles. The number of aliphatic hydroxyl groups is 1. The van der Waals surface area contributed by atoms with Crippen molar-refractivity contribution in [3.05, 3.63) is 29.8 Å². The number of carboxylic acid groups (broad SMARTS) is 2. The molecule has 10 amide bonds. The fourth-order valence-corrected chi connectivity index (χ4v) is 9.38. The predicted octanol–water partition coefficient (Wildman–Crippen LogP) is -2.81. The Bertz CT molecular complexity index is 2360. The van der Waals surface area contributed by atoms with Gasteiger partial charge >= 0.3 is 11.9 Å². The van der Waals surface area contributed by atoms with Gasteiger partial charge in [-0.3, -0.25) is 52.7 Å². The number of nitrogens with two attached hydrogens (primary N) is 1. The van der Waals surface area contributed by atoms with E-state index < -0.39 is 156 Å². The minimum atomic E-state index is -1.74. The SMILES string of the molecule is CSCC[C@@H](NC(=O)[C@@H](C)NC(=O)[C@H](NC(=O)[C@H]1CCCN1C(=O)[C@H]1CCCN1C(=O)[C@H](NC(=O)[C@@H](Cc1ccc(O)cc1)NC(=O)[C@@H](C)NC(=O)[C@@H](CC(=O)O)NC(=O)[C@@H](CC(C)C)NC(=O)CN)[C@H](C)O)C(C)C)C(=O)O. The molecule has 2 aliphatic rings. The molecule has 2 heterocycles. The number of likely N-dealkylation sites (tertiary alicyclic amines) is 2. The second-order valence-electron chi connectivity index (χ2n) is 20.5. The summed E-state index contributed by atoms with van der Waals surface area (Å²) in [5.74, 6) is -11.3. The Morgan fingerprint density at radius 3 is 1.70 bits per heavy atom. The Hall–Kier alpha value is -7.07. The van der Waals surface area contributed by atoms with Crippen molar-refractivity contribution in [2.75, 3.05) is 31.6 Å². The summed E-state index contributed by atoms with van der Waals surface area (Å²) >= 11 is 1.40. The molecule has 14 N–H and O–H groups in total. The third kappa shape index (κ3) is 20.3. The molecule has 0 bridgehead atoms. The molecule has 2 fully saturated rings. The summed E-state index contributed by atoms with van der Waals surface area (Å²) in [6.07, 6.45) is 0.326. The lowest BCUT2D eigenvalue weighted by atomic mass is 10.0. The fraction of sp³-hybridized carbons (Fsp3) is 0.647. The lowest BCUT2D eigenvalue weighted by Crippen LogP contribution is -2.62. The number of carbonyl (C=O) groups is 12. The summed E-state index contributed by atoms with van der Waals surface area (Å²) in [6.45, 7) is 10.3. The third-order valence-corrected chi connectivity index (χ3v) is 13.9. The van der Waals surface area contributed by atoms with Gasteiger partial charge in [0.05, 0.1) is 19.1 Å². The summed E-state index contributed by atoms with van der Waals surface area (Å²) in [5, 5.41) is 59.8. The van der Waals surface area contributed by atoms with Gasteiger partial charge in [-0.05, 0) is 101 Å². The van der Waals surface area contributed by atoms with Crippen LogP contribution in [-0.4, -0.2) is 199 Å². The molecule has 2 saturated heterocycles. The van der Waals surface area contributed by atoms with Gasteiger partial charge in [0.25, 0.3) is 0 Å². The smallest absolute Gasteiger partial charge is 0.326 e. The molecular weight excluding hydrogens is 1050 g/mol. The number of rotatable bonds is 30. The first-order valence-electron chi connectivity index (χ1n) is 26.2. The number of aliphatic hydroxyl groups excluding tert-OH is 1. The fourth-order valence-electron chi connectivity index (χ4n) is 8.91. The highest BCUT2D eigenvalue weighted by Gasteiger charge is 2.45. The summed E-state index contributed by atoms with van der Waals surface area (Å²) in [7, 11) is 0. The highest BCUT2D eigenvalue weighted by Crippen LogP contribution is 2.27. The van der Waals surface area contributed by atoms with Crippen molar-refractivity contribution in [1.82, 2.24) is 52.3 Å². The summed E-state index contributed by atoms with van der Waals surface area (Å²) in [6, 6.07) is -7.89. The van der Waals surface area contributed by atoms with Crippen LogP contribution in [0.15, 0.2) is 24.3 Å². The highest BCUT2D eigenvalue weighted by atomic mass is 32.2. The van der Waals surface area contributed by atoms with Crippen LogP contribution in [0.4, 0.5) is 0 Å². The van der Waals surface area contributed by atoms with E-state index in [1.165, 1.54) is 66.6 Å². The number of aliphatic carboxylic acids is 2. The average Bonchev–Trinajstić information content (AvgIpc) is 4.14. The van der Waals surface area contributed by atoms with Crippen molar-refractivity contribution in [2.24, 2.45) is 17.6 Å². The first-order valence-corrected chi connectivity index (χ1v) is 27.6. The molecule has 0 aliphatic carbocycles. The van der Waals surface area contributed by atoms with Crippen LogP contribution in [0.1, 0.15) is 99.0 Å². The van der Waals surface area contributed by atoms with Crippen molar-refractivity contribution in [3.63, 3.8) is 0 Å². The van der Waals surface area contributed by atoms with Crippen molar-refractivity contribution in [2.45, 2.75) is 166 Å². The number of phenols is 1. The van der Waals surface area contributed by atoms with E-state index in [1.807, 2.05) is 0 Å². The van der Waals surface area contributed by atoms with Crippen LogP contribution in [-0.2, 0) is 64.0 Å². The number of nitrogens with one attached hydrogen (secondary N) is 8. The maximum Gasteiger partial charge on any atom is 0.326 e. The molecule has 3 rings (SSSR count). The number of nitrogens with zero attached hydrogens (tertiary/aromatic N) is 2. The van der Waals surface area contributed by atoms with E-state index in [1.54, 1.807) is 34.0 Å². The van der Waals surface area contributed by atoms with E-state index in [4.69, 9.17) is 5.73 Å². The molecule has 2 aliphatic heterocycles. The summed E-state index contributed by atoms with van der Waals surface area (Å²) in [5.41, 5.74) is 5.79. The van der Waals surface area contributed by atoms with Gasteiger partial charge in [0.2, 0.25) is 59.1 Å². The molecule has 0 aromatic heterocycles. The second kappa shape index (κ2) is 31.5. The van der Waals surface area contributed by atoms with Crippen molar-refractivity contribution in [1.29, 1.82) is 0 Å². The van der Waals surface area contributed by atoms with Crippen LogP contribution in [0.2, 0.25) is 0 Å². The van der Waals surface area contributed by atoms with E-state index in [9.17, 15) is 78.0 Å². The predicted molar refractivity (Wildman–Crippen MR) is 286 cm³/mol. The first-order chi connectivity index (χ1) is 37.1. The van der Waals surface area contributed by atoms with Crippen molar-refractivity contribution >= 4 is 82.8 Å². The number of hydrogen-bond acceptors (Lipinski definition) is 16. The van der Waals surface area contributed by atoms with Crippen molar-refractivity contribution in [3.8, 4) is 5.75 Å². The van der Waals surface area contributed by atoms with Crippen LogP contribution in [0.25, 0.3) is 0 Å². The van der Waals surface area contributed by atoms with Crippen LogP contribution in [0.5, 0.6) is 5.75 Å². The monoisotopic (exact) mass is 1130 g/mol. The zero-order valence-corrected chi connectivity index (χ0v) is 46.7. The first kappa shape index (κ1) is 66.2. The quantitative estimate of drug-likeness (QED) is 0.0370. The van der Waals surface area contributed by atoms with Gasteiger partial charge in [-0.2, -0.15) is 11.8 Å². The topological polar surface area (TPSA) is 414 Å². The number of carboxylic acids is 2. The number of thioether (sulfide) groups is 1. The largest absolute Gasteiger partial charge is 0.508 e. The molecule has 440 valence electrons. The molecule has 27 nitrogen and oxygen atoms in total. The van der Waals surface area contributed by atoms with E-state index in [0.717, 1.165) is 0 Å². The molecule has 11 atom stereocenters. The molecule has 1 aromatic carbocycles.